The van der Waals surface area contributed by atoms with Crippen LogP contribution in [0.2, 0.25) is 0 Å². The van der Waals surface area contributed by atoms with Crippen LogP contribution in [0.5, 0.6) is 0 Å². The molecule has 0 bridgehead atoms. The van der Waals surface area contributed by atoms with Crippen molar-refractivity contribution in [3.63, 3.8) is 0 Å². The second kappa shape index (κ2) is 5.80. The third-order valence-electron chi connectivity index (χ3n) is 8.56. The number of carbonyl (C=O) groups is 3. The molecule has 0 aromatic carbocycles. The van der Waals surface area contributed by atoms with E-state index in [2.05, 4.69) is 20.8 Å². The summed E-state index contributed by atoms with van der Waals surface area (Å²) in [5.74, 6) is -0.997. The lowest BCUT2D eigenvalue weighted by atomic mass is 9.39. The zero-order valence-corrected chi connectivity index (χ0v) is 17.8. The van der Waals surface area contributed by atoms with E-state index in [0.29, 0.717) is 12.3 Å². The molecule has 0 N–H and O–H groups in total. The van der Waals surface area contributed by atoms with Gasteiger partial charge in [0.05, 0.1) is 7.11 Å². The molecule has 156 valence electrons. The van der Waals surface area contributed by atoms with Crippen molar-refractivity contribution < 1.29 is 28.6 Å². The third-order valence-corrected chi connectivity index (χ3v) is 8.56. The van der Waals surface area contributed by atoms with Crippen LogP contribution in [-0.2, 0) is 28.6 Å². The van der Waals surface area contributed by atoms with Gasteiger partial charge in [0.15, 0.2) is 5.78 Å². The number of rotatable bonds is 2. The molecule has 3 saturated carbocycles. The first kappa shape index (κ1) is 19.9. The topological polar surface area (TPSA) is 82.2 Å². The molecule has 0 aromatic rings. The minimum Gasteiger partial charge on any atom is -0.466 e. The second-order valence-corrected chi connectivity index (χ2v) is 10.5. The van der Waals surface area contributed by atoms with Crippen LogP contribution in [-0.4, -0.2) is 42.6 Å². The van der Waals surface area contributed by atoms with E-state index in [1.165, 1.54) is 14.0 Å². The lowest BCUT2D eigenvalue weighted by Gasteiger charge is -2.64. The van der Waals surface area contributed by atoms with Crippen molar-refractivity contribution in [3.8, 4) is 0 Å². The Labute approximate surface area is 166 Å². The van der Waals surface area contributed by atoms with E-state index >= 15 is 0 Å². The van der Waals surface area contributed by atoms with Crippen molar-refractivity contribution in [2.75, 3.05) is 7.11 Å². The molecule has 28 heavy (non-hydrogen) atoms. The van der Waals surface area contributed by atoms with Crippen LogP contribution in [0.4, 0.5) is 0 Å². The Kier molecular flexibility index (Phi) is 4.12. The minimum absolute atomic E-state index is 0.154. The van der Waals surface area contributed by atoms with Gasteiger partial charge in [0, 0.05) is 18.3 Å². The standard InChI is InChI=1S/C22H32O6/c1-12(23)27-14-15-20(4)10-7-9-19(2,3)13(20)8-11-21(15,5)17(24)22(16(14)28-22)18(25)26-6/h13-16H,7-11H2,1-6H3/t13-,14+,15+,16-,20-,21+,22-/m0/s1. The molecule has 6 nitrogen and oxygen atoms in total. The van der Waals surface area contributed by atoms with Gasteiger partial charge in [0.2, 0.25) is 0 Å². The molecule has 0 radical (unpaired) electrons. The van der Waals surface area contributed by atoms with Crippen LogP contribution in [0.15, 0.2) is 0 Å². The van der Waals surface area contributed by atoms with Crippen LogP contribution in [0.1, 0.15) is 66.7 Å². The van der Waals surface area contributed by atoms with Gasteiger partial charge in [-0.05, 0) is 42.4 Å². The largest absolute Gasteiger partial charge is 0.466 e. The molecular formula is C22H32O6. The van der Waals surface area contributed by atoms with Gasteiger partial charge in [0.25, 0.3) is 5.60 Å². The molecule has 0 unspecified atom stereocenters. The average Bonchev–Trinajstić information content (AvgIpc) is 3.34. The SMILES string of the molecule is COC(=O)[C@]12O[C@H]1[C@H](OC(C)=O)[C@@H]1[C@@]3(C)CCCC(C)(C)[C@@H]3CC[C@@]1(C)C2=O. The van der Waals surface area contributed by atoms with Crippen molar-refractivity contribution in [1.29, 1.82) is 0 Å². The number of epoxide rings is 1. The fourth-order valence-corrected chi connectivity index (χ4v) is 7.56. The molecule has 1 aliphatic heterocycles. The lowest BCUT2D eigenvalue weighted by Crippen LogP contribution is -2.68. The molecule has 4 rings (SSSR count). The number of methoxy groups -OCH3 is 1. The molecule has 7 atom stereocenters. The van der Waals surface area contributed by atoms with Gasteiger partial charge in [-0.2, -0.15) is 0 Å². The Morgan fingerprint density at radius 1 is 1.11 bits per heavy atom. The van der Waals surface area contributed by atoms with Gasteiger partial charge in [-0.15, -0.1) is 0 Å². The van der Waals surface area contributed by atoms with Crippen LogP contribution in [0.3, 0.4) is 0 Å². The van der Waals surface area contributed by atoms with E-state index in [1.807, 2.05) is 6.92 Å². The van der Waals surface area contributed by atoms with E-state index < -0.39 is 35.2 Å². The summed E-state index contributed by atoms with van der Waals surface area (Å²) in [6.45, 7) is 10.2. The molecule has 3 aliphatic carbocycles. The monoisotopic (exact) mass is 392 g/mol. The first-order chi connectivity index (χ1) is 12.9. The van der Waals surface area contributed by atoms with E-state index in [1.54, 1.807) is 0 Å². The van der Waals surface area contributed by atoms with Crippen molar-refractivity contribution in [2.45, 2.75) is 84.5 Å². The van der Waals surface area contributed by atoms with Crippen molar-refractivity contribution in [2.24, 2.45) is 28.1 Å². The number of hydrogen-bond donors (Lipinski definition) is 0. The predicted octanol–water partition coefficient (Wildman–Crippen LogP) is 3.06. The summed E-state index contributed by atoms with van der Waals surface area (Å²) >= 11 is 0. The summed E-state index contributed by atoms with van der Waals surface area (Å²) in [5, 5.41) is 0. The first-order valence-electron chi connectivity index (χ1n) is 10.4. The summed E-state index contributed by atoms with van der Waals surface area (Å²) in [6.07, 6.45) is 3.49. The number of Topliss-reactive ketones (excluding diaryl/α,β-unsaturated/α-hetero) is 1. The highest BCUT2D eigenvalue weighted by Crippen LogP contribution is 2.70. The summed E-state index contributed by atoms with van der Waals surface area (Å²) < 4.78 is 16.5. The smallest absolute Gasteiger partial charge is 0.349 e. The van der Waals surface area contributed by atoms with Gasteiger partial charge in [-0.3, -0.25) is 9.59 Å². The van der Waals surface area contributed by atoms with Crippen LogP contribution in [0.25, 0.3) is 0 Å². The van der Waals surface area contributed by atoms with Gasteiger partial charge >= 0.3 is 11.9 Å². The van der Waals surface area contributed by atoms with Crippen LogP contribution >= 0.6 is 0 Å². The first-order valence-corrected chi connectivity index (χ1v) is 10.4. The molecule has 4 fully saturated rings. The van der Waals surface area contributed by atoms with Crippen molar-refractivity contribution in [3.05, 3.63) is 0 Å². The fourth-order valence-electron chi connectivity index (χ4n) is 7.56. The molecule has 1 saturated heterocycles. The number of carbonyl (C=O) groups excluding carboxylic acids is 3. The molecule has 6 heteroatoms. The molecule has 0 aromatic heterocycles. The number of hydrogen-bond acceptors (Lipinski definition) is 6. The average molecular weight is 392 g/mol. The Morgan fingerprint density at radius 3 is 2.39 bits per heavy atom. The maximum Gasteiger partial charge on any atom is 0.349 e. The summed E-state index contributed by atoms with van der Waals surface area (Å²) in [4.78, 5) is 38.2. The van der Waals surface area contributed by atoms with E-state index in [0.717, 1.165) is 25.7 Å². The Hall–Kier alpha value is -1.43. The van der Waals surface area contributed by atoms with Crippen molar-refractivity contribution >= 4 is 17.7 Å². The van der Waals surface area contributed by atoms with Crippen LogP contribution < -0.4 is 0 Å². The highest BCUT2D eigenvalue weighted by atomic mass is 16.7. The van der Waals surface area contributed by atoms with Gasteiger partial charge in [-0.1, -0.05) is 34.1 Å². The highest BCUT2D eigenvalue weighted by molar-refractivity contribution is 6.14. The van der Waals surface area contributed by atoms with Crippen molar-refractivity contribution in [1.82, 2.24) is 0 Å². The summed E-state index contributed by atoms with van der Waals surface area (Å²) in [7, 11) is 1.26. The van der Waals surface area contributed by atoms with Gasteiger partial charge in [0.1, 0.15) is 12.2 Å². The molecule has 4 aliphatic rings. The fraction of sp³-hybridized carbons (Fsp3) is 0.864. The lowest BCUT2D eigenvalue weighted by molar-refractivity contribution is -0.201. The Balaban J connectivity index is 1.84. The number of fused-ring (bicyclic) bond motifs is 4. The van der Waals surface area contributed by atoms with Crippen LogP contribution in [0, 0.1) is 28.1 Å². The molecule has 0 amide bonds. The third kappa shape index (κ3) is 2.27. The van der Waals surface area contributed by atoms with E-state index in [4.69, 9.17) is 14.2 Å². The molecule has 0 spiro atoms. The number of esters is 2. The Bertz CT molecular complexity index is 743. The minimum atomic E-state index is -1.60. The van der Waals surface area contributed by atoms with Gasteiger partial charge in [-0.25, -0.2) is 4.79 Å². The van der Waals surface area contributed by atoms with E-state index in [-0.39, 0.29) is 22.5 Å². The second-order valence-electron chi connectivity index (χ2n) is 10.5. The summed E-state index contributed by atoms with van der Waals surface area (Å²) in [6, 6.07) is 0. The molecule has 1 heterocycles. The number of ketones is 1. The maximum absolute atomic E-state index is 13.7. The highest BCUT2D eigenvalue weighted by Gasteiger charge is 2.83. The number of ether oxygens (including phenoxy) is 3. The van der Waals surface area contributed by atoms with Gasteiger partial charge < -0.3 is 14.2 Å². The maximum atomic E-state index is 13.7. The normalized spacial score (nSPS) is 48.6. The Morgan fingerprint density at radius 2 is 1.79 bits per heavy atom. The predicted molar refractivity (Wildman–Crippen MR) is 100 cm³/mol. The molecular weight excluding hydrogens is 360 g/mol. The zero-order chi connectivity index (χ0) is 20.7. The summed E-state index contributed by atoms with van der Waals surface area (Å²) in [5.41, 5.74) is -2.37. The van der Waals surface area contributed by atoms with E-state index in [9.17, 15) is 14.4 Å². The zero-order valence-electron chi connectivity index (χ0n) is 17.8. The quantitative estimate of drug-likeness (QED) is 0.408.